The van der Waals surface area contributed by atoms with Crippen LogP contribution in [0.4, 0.5) is 0 Å². The molecule has 0 bridgehead atoms. The lowest BCUT2D eigenvalue weighted by Crippen LogP contribution is -2.64. The molecule has 45 heavy (non-hydrogen) atoms. The third kappa shape index (κ3) is 7.29. The minimum atomic E-state index is -2.43. The lowest BCUT2D eigenvalue weighted by atomic mass is 9.98. The zero-order chi connectivity index (χ0) is 33.4. The van der Waals surface area contributed by atoms with E-state index in [2.05, 4.69) is 0 Å². The summed E-state index contributed by atoms with van der Waals surface area (Å²) in [5, 5.41) is 141. The van der Waals surface area contributed by atoms with Gasteiger partial charge < -0.3 is 105 Å². The second kappa shape index (κ2) is 15.1. The monoisotopic (exact) mass is 666 g/mol. The molecular formula is C24H42O21. The Morgan fingerprint density at radius 3 is 1.27 bits per heavy atom. The van der Waals surface area contributed by atoms with Crippen LogP contribution < -0.4 is 0 Å². The van der Waals surface area contributed by atoms with Crippen LogP contribution in [0.15, 0.2) is 0 Å². The van der Waals surface area contributed by atoms with Crippen LogP contribution in [0.5, 0.6) is 0 Å². The highest BCUT2D eigenvalue weighted by Gasteiger charge is 2.58. The van der Waals surface area contributed by atoms with Crippen molar-refractivity contribution in [3.63, 3.8) is 0 Å². The molecule has 0 unspecified atom stereocenters. The van der Waals surface area contributed by atoms with Crippen LogP contribution in [0.3, 0.4) is 0 Å². The molecule has 264 valence electrons. The first kappa shape index (κ1) is 37.0. The molecule has 4 saturated heterocycles. The van der Waals surface area contributed by atoms with Crippen LogP contribution in [-0.4, -0.2) is 221 Å². The topological polar surface area (TPSA) is 348 Å². The largest absolute Gasteiger partial charge is 0.394 e. The van der Waals surface area contributed by atoms with Crippen LogP contribution >= 0.6 is 0 Å². The van der Waals surface area contributed by atoms with Gasteiger partial charge >= 0.3 is 0 Å². The van der Waals surface area contributed by atoms with Gasteiger partial charge in [-0.2, -0.15) is 0 Å². The van der Waals surface area contributed by atoms with Crippen molar-refractivity contribution in [1.82, 2.24) is 0 Å². The normalized spacial score (nSPS) is 52.7. The van der Waals surface area contributed by atoms with Gasteiger partial charge in [0, 0.05) is 0 Å². The zero-order valence-electron chi connectivity index (χ0n) is 23.5. The minimum Gasteiger partial charge on any atom is -0.394 e. The molecular weight excluding hydrogens is 624 g/mol. The Balaban J connectivity index is 1.39. The molecule has 21 heteroatoms. The minimum absolute atomic E-state index is 0.650. The van der Waals surface area contributed by atoms with Gasteiger partial charge in [-0.15, -0.1) is 0 Å². The molecule has 0 aromatic carbocycles. The number of hydrogen-bond donors (Lipinski definition) is 14. The molecule has 0 amide bonds. The second-order valence-corrected chi connectivity index (χ2v) is 11.3. The van der Waals surface area contributed by atoms with Crippen LogP contribution in [0.25, 0.3) is 0 Å². The Kier molecular flexibility index (Phi) is 12.5. The molecule has 4 heterocycles. The van der Waals surface area contributed by atoms with Crippen molar-refractivity contribution in [3.8, 4) is 0 Å². The highest BCUT2D eigenvalue weighted by Crippen LogP contribution is 2.36. The molecule has 0 aliphatic carbocycles. The first-order valence-electron chi connectivity index (χ1n) is 14.1. The summed E-state index contributed by atoms with van der Waals surface area (Å²) in [5.41, 5.74) is 0. The maximum Gasteiger partial charge on any atom is 0.224 e. The summed E-state index contributed by atoms with van der Waals surface area (Å²) in [6.45, 7) is -4.02. The molecule has 0 aromatic heterocycles. The Labute approximate surface area is 254 Å². The van der Waals surface area contributed by atoms with E-state index in [1.807, 2.05) is 0 Å². The van der Waals surface area contributed by atoms with Gasteiger partial charge in [-0.05, 0) is 0 Å². The van der Waals surface area contributed by atoms with Crippen molar-refractivity contribution in [3.05, 3.63) is 0 Å². The molecule has 0 aromatic rings. The van der Waals surface area contributed by atoms with E-state index in [4.69, 9.17) is 33.2 Å². The third-order valence-corrected chi connectivity index (χ3v) is 8.26. The van der Waals surface area contributed by atoms with E-state index in [0.29, 0.717) is 0 Å². The number of aliphatic hydroxyl groups excluding tert-OH is 14. The molecule has 4 aliphatic heterocycles. The molecule has 19 atom stereocenters. The molecule has 21 nitrogen and oxygen atoms in total. The highest BCUT2D eigenvalue weighted by atomic mass is 16.8. The lowest BCUT2D eigenvalue weighted by molar-refractivity contribution is -0.388. The van der Waals surface area contributed by atoms with Gasteiger partial charge in [0.15, 0.2) is 18.9 Å². The van der Waals surface area contributed by atoms with Gasteiger partial charge in [0.1, 0.15) is 98.2 Å². The maximum atomic E-state index is 10.5. The Morgan fingerprint density at radius 2 is 0.844 bits per heavy atom. The predicted octanol–water partition coefficient (Wildman–Crippen LogP) is -9.75. The highest BCUT2D eigenvalue weighted by molar-refractivity contribution is 4.99. The summed E-state index contributed by atoms with van der Waals surface area (Å²) < 4.78 is 37.6. The molecule has 4 rings (SSSR count). The number of hydrogen-bond acceptors (Lipinski definition) is 21. The summed E-state index contributed by atoms with van der Waals surface area (Å²) in [4.78, 5) is 0. The van der Waals surface area contributed by atoms with Crippen molar-refractivity contribution in [2.24, 2.45) is 0 Å². The molecule has 0 spiro atoms. The van der Waals surface area contributed by atoms with E-state index in [9.17, 15) is 71.5 Å². The Hall–Kier alpha value is -0.840. The average Bonchev–Trinajstić information content (AvgIpc) is 3.28. The fraction of sp³-hybridized carbons (Fsp3) is 1.00. The predicted molar refractivity (Wildman–Crippen MR) is 134 cm³/mol. The van der Waals surface area contributed by atoms with Gasteiger partial charge in [-0.1, -0.05) is 0 Å². The fourth-order valence-electron chi connectivity index (χ4n) is 5.39. The fourth-order valence-corrected chi connectivity index (χ4v) is 5.39. The Bertz CT molecular complexity index is 931. The average molecular weight is 667 g/mol. The second-order valence-electron chi connectivity index (χ2n) is 11.3. The zero-order valence-corrected chi connectivity index (χ0v) is 23.5. The van der Waals surface area contributed by atoms with E-state index >= 15 is 0 Å². The summed E-state index contributed by atoms with van der Waals surface area (Å²) in [5.74, 6) is -2.43. The summed E-state index contributed by atoms with van der Waals surface area (Å²) in [6.07, 6.45) is -31.4. The smallest absolute Gasteiger partial charge is 0.224 e. The van der Waals surface area contributed by atoms with Crippen LogP contribution in [-0.2, 0) is 33.2 Å². The van der Waals surface area contributed by atoms with Crippen molar-refractivity contribution in [2.75, 3.05) is 33.0 Å². The number of ether oxygens (including phenoxy) is 7. The van der Waals surface area contributed by atoms with E-state index in [1.165, 1.54) is 0 Å². The number of rotatable bonds is 11. The van der Waals surface area contributed by atoms with E-state index < -0.39 is 149 Å². The lowest BCUT2D eigenvalue weighted by Gasteiger charge is -2.45. The van der Waals surface area contributed by atoms with Gasteiger partial charge in [0.2, 0.25) is 5.79 Å². The van der Waals surface area contributed by atoms with Crippen molar-refractivity contribution >= 4 is 0 Å². The third-order valence-electron chi connectivity index (χ3n) is 8.26. The summed E-state index contributed by atoms with van der Waals surface area (Å²) >= 11 is 0. The van der Waals surface area contributed by atoms with Gasteiger partial charge in [0.05, 0.1) is 26.4 Å². The van der Waals surface area contributed by atoms with Crippen LogP contribution in [0.2, 0.25) is 0 Å². The van der Waals surface area contributed by atoms with Crippen LogP contribution in [0.1, 0.15) is 0 Å². The molecule has 0 saturated carbocycles. The number of aliphatic hydroxyl groups is 14. The summed E-state index contributed by atoms with van der Waals surface area (Å²) in [6, 6.07) is 0. The van der Waals surface area contributed by atoms with Crippen molar-refractivity contribution in [1.29, 1.82) is 0 Å². The molecule has 14 N–H and O–H groups in total. The Morgan fingerprint density at radius 1 is 0.444 bits per heavy atom. The van der Waals surface area contributed by atoms with Crippen molar-refractivity contribution in [2.45, 2.75) is 116 Å². The van der Waals surface area contributed by atoms with Crippen LogP contribution in [0, 0.1) is 0 Å². The molecule has 4 aliphatic rings. The summed E-state index contributed by atoms with van der Waals surface area (Å²) in [7, 11) is 0. The maximum absolute atomic E-state index is 10.5. The SMILES string of the molecule is OC[C@@H]1O[C@@H](OC[C@@H]2O[C@@H](OC[C@@H]3O[C@@H](O[C@@]4(CO)O[C@@H](CO)[C@H](O)[C@H]4O)[C@@H](O)[C@H](O)[C@H]3O)[C@@H](O)[C@H](O)[C@@H]2O)[C@@H](O)[C@H](O)[C@@H]1O. The first-order chi connectivity index (χ1) is 21.2. The molecule has 4 fully saturated rings. The van der Waals surface area contributed by atoms with Gasteiger partial charge in [-0.3, -0.25) is 0 Å². The van der Waals surface area contributed by atoms with E-state index in [-0.39, 0.29) is 0 Å². The van der Waals surface area contributed by atoms with E-state index in [0.717, 1.165) is 0 Å². The standard InChI is InChI=1S/C24H42O21/c25-1-6-10(28)14(32)17(35)21(41-6)39-3-8-11(29)15(33)18(36)22(42-8)40-4-9-12(30)16(34)19(37)23(43-9)45-24(5-27)20(38)13(31)7(2-26)44-24/h6-23,25-38H,1-5H2/t6-,7-,8-,9-,10+,11+,12-,13-,14+,15+,16+,17-,18-,19-,20+,21+,22+,23-,24+/m0/s1. The first-order valence-corrected chi connectivity index (χ1v) is 14.1. The van der Waals surface area contributed by atoms with Crippen molar-refractivity contribution < 1.29 is 105 Å². The van der Waals surface area contributed by atoms with E-state index in [1.54, 1.807) is 0 Å². The quantitative estimate of drug-likeness (QED) is 0.0973. The van der Waals surface area contributed by atoms with Gasteiger partial charge in [-0.25, -0.2) is 0 Å². The van der Waals surface area contributed by atoms with Gasteiger partial charge in [0.25, 0.3) is 0 Å². The molecule has 0 radical (unpaired) electrons.